The van der Waals surface area contributed by atoms with E-state index < -0.39 is 5.67 Å². The molecule has 0 radical (unpaired) electrons. The summed E-state index contributed by atoms with van der Waals surface area (Å²) < 4.78 is 17.4. The normalized spacial score (nSPS) is 13.1. The number of benzene rings is 2. The van der Waals surface area contributed by atoms with Gasteiger partial charge in [0.2, 0.25) is 0 Å². The first-order valence-corrected chi connectivity index (χ1v) is 11.2. The van der Waals surface area contributed by atoms with Gasteiger partial charge in [0, 0.05) is 17.3 Å². The molecule has 1 unspecified atom stereocenters. The van der Waals surface area contributed by atoms with Crippen molar-refractivity contribution in [3.05, 3.63) is 78.0 Å². The Morgan fingerprint density at radius 2 is 1.69 bits per heavy atom. The van der Waals surface area contributed by atoms with E-state index in [1.165, 1.54) is 5.56 Å². The molecular formula is C28H28FN3. The van der Waals surface area contributed by atoms with Crippen molar-refractivity contribution in [1.29, 1.82) is 5.26 Å². The van der Waals surface area contributed by atoms with E-state index in [1.54, 1.807) is 0 Å². The number of alkyl halides is 1. The molecule has 2 aromatic carbocycles. The molecule has 0 saturated heterocycles. The zero-order valence-corrected chi connectivity index (χ0v) is 18.9. The summed E-state index contributed by atoms with van der Waals surface area (Å²) in [5.41, 5.74) is 6.23. The lowest BCUT2D eigenvalue weighted by molar-refractivity contribution is 0.119. The van der Waals surface area contributed by atoms with Gasteiger partial charge in [0.25, 0.3) is 0 Å². The topological polar surface area (TPSA) is 41.6 Å². The second-order valence-electron chi connectivity index (χ2n) is 8.54. The molecule has 162 valence electrons. The zero-order chi connectivity index (χ0) is 22.7. The van der Waals surface area contributed by atoms with E-state index in [1.807, 2.05) is 54.9 Å². The molecule has 0 aliphatic rings. The van der Waals surface area contributed by atoms with Crippen LogP contribution in [0.4, 0.5) is 4.39 Å². The quantitative estimate of drug-likeness (QED) is 0.308. The smallest absolute Gasteiger partial charge is 0.128 e. The number of aromatic nitrogens is 2. The number of fused-ring (bicyclic) bond motifs is 1. The average Bonchev–Trinajstić information content (AvgIpc) is 3.20. The fraction of sp³-hybridized carbons (Fsp3) is 0.286. The minimum Gasteiger partial charge on any atom is -0.343 e. The van der Waals surface area contributed by atoms with Crippen LogP contribution in [0, 0.1) is 18.3 Å². The molecule has 0 N–H and O–H groups in total. The van der Waals surface area contributed by atoms with Crippen molar-refractivity contribution >= 4 is 11.0 Å². The molecule has 2 heterocycles. The molecule has 2 aromatic heterocycles. The van der Waals surface area contributed by atoms with Crippen molar-refractivity contribution in [2.75, 3.05) is 0 Å². The van der Waals surface area contributed by atoms with E-state index in [4.69, 9.17) is 4.98 Å². The van der Waals surface area contributed by atoms with Gasteiger partial charge in [-0.15, -0.1) is 0 Å². The third kappa shape index (κ3) is 4.29. The minimum atomic E-state index is -1.23. The zero-order valence-electron chi connectivity index (χ0n) is 18.9. The van der Waals surface area contributed by atoms with E-state index in [-0.39, 0.29) is 0 Å². The molecule has 1 atom stereocenters. The van der Waals surface area contributed by atoms with Crippen LogP contribution in [-0.4, -0.2) is 15.2 Å². The van der Waals surface area contributed by atoms with Crippen LogP contribution in [0.25, 0.3) is 33.4 Å². The van der Waals surface area contributed by atoms with Gasteiger partial charge in [-0.1, -0.05) is 62.2 Å². The Morgan fingerprint density at radius 1 is 1.00 bits per heavy atom. The third-order valence-corrected chi connectivity index (χ3v) is 6.19. The summed E-state index contributed by atoms with van der Waals surface area (Å²) in [5, 5.41) is 9.18. The molecule has 32 heavy (non-hydrogen) atoms. The predicted octanol–water partition coefficient (Wildman–Crippen LogP) is 7.47. The molecule has 0 amide bonds. The highest BCUT2D eigenvalue weighted by atomic mass is 19.1. The van der Waals surface area contributed by atoms with Crippen LogP contribution in [0.3, 0.4) is 0 Å². The van der Waals surface area contributed by atoms with E-state index >= 15 is 4.39 Å². The van der Waals surface area contributed by atoms with Gasteiger partial charge in [-0.3, -0.25) is 0 Å². The van der Waals surface area contributed by atoms with Crippen LogP contribution in [-0.2, 0) is 6.54 Å². The minimum absolute atomic E-state index is 0.319. The van der Waals surface area contributed by atoms with Crippen molar-refractivity contribution < 1.29 is 4.39 Å². The first-order chi connectivity index (χ1) is 15.5. The fourth-order valence-corrected chi connectivity index (χ4v) is 4.25. The number of aryl methyl sites for hydroxylation is 1. The largest absolute Gasteiger partial charge is 0.343 e. The van der Waals surface area contributed by atoms with Crippen molar-refractivity contribution in [3.63, 3.8) is 0 Å². The van der Waals surface area contributed by atoms with Crippen LogP contribution in [0.15, 0.2) is 66.9 Å². The van der Waals surface area contributed by atoms with Gasteiger partial charge >= 0.3 is 0 Å². The molecule has 0 fully saturated rings. The molecule has 0 spiro atoms. The molecule has 0 aliphatic carbocycles. The van der Waals surface area contributed by atoms with Crippen molar-refractivity contribution in [2.24, 2.45) is 0 Å². The Balaban J connectivity index is 1.89. The Kier molecular flexibility index (Phi) is 6.10. The fourth-order valence-electron chi connectivity index (χ4n) is 4.25. The Labute approximate surface area is 189 Å². The van der Waals surface area contributed by atoms with E-state index in [0.717, 1.165) is 39.8 Å². The van der Waals surface area contributed by atoms with E-state index in [0.29, 0.717) is 24.9 Å². The van der Waals surface area contributed by atoms with Crippen molar-refractivity contribution in [2.45, 2.75) is 52.2 Å². The number of nitrogens with zero attached hydrogens (tertiary/aromatic N) is 3. The standard InChI is InChI=1S/C28H28FN3/c1-4-15-28(29,5-2)19-32-16-14-25-26(32)17-24(22-12-8-21(18-30)9-13-22)27(31-25)23-10-6-20(3)7-11-23/h6-14,16-17H,4-5,15,19H2,1-3H3. The van der Waals surface area contributed by atoms with Crippen LogP contribution in [0.2, 0.25) is 0 Å². The molecule has 4 rings (SSSR count). The summed E-state index contributed by atoms with van der Waals surface area (Å²) >= 11 is 0. The van der Waals surface area contributed by atoms with Gasteiger partial charge in [-0.25, -0.2) is 9.37 Å². The lowest BCUT2D eigenvalue weighted by Crippen LogP contribution is -2.28. The third-order valence-electron chi connectivity index (χ3n) is 6.19. The lowest BCUT2D eigenvalue weighted by Gasteiger charge is -2.24. The Morgan fingerprint density at radius 3 is 2.31 bits per heavy atom. The van der Waals surface area contributed by atoms with Gasteiger partial charge in [-0.05, 0) is 49.6 Å². The van der Waals surface area contributed by atoms with Gasteiger partial charge in [0.15, 0.2) is 0 Å². The summed E-state index contributed by atoms with van der Waals surface area (Å²) in [4.78, 5) is 5.01. The second-order valence-corrected chi connectivity index (χ2v) is 8.54. The second kappa shape index (κ2) is 8.96. The molecular weight excluding hydrogens is 397 g/mol. The van der Waals surface area contributed by atoms with Gasteiger partial charge in [0.05, 0.1) is 34.9 Å². The first kappa shape index (κ1) is 21.8. The molecule has 0 bridgehead atoms. The molecule has 4 heteroatoms. The number of hydrogen-bond donors (Lipinski definition) is 0. The number of pyridine rings is 1. The summed E-state index contributed by atoms with van der Waals surface area (Å²) in [7, 11) is 0. The van der Waals surface area contributed by atoms with Crippen LogP contribution in [0.5, 0.6) is 0 Å². The highest BCUT2D eigenvalue weighted by Crippen LogP contribution is 2.35. The van der Waals surface area contributed by atoms with E-state index in [2.05, 4.69) is 43.3 Å². The molecule has 4 aromatic rings. The van der Waals surface area contributed by atoms with Crippen molar-refractivity contribution in [1.82, 2.24) is 9.55 Å². The Hall–Kier alpha value is -3.45. The van der Waals surface area contributed by atoms with Crippen LogP contribution >= 0.6 is 0 Å². The first-order valence-electron chi connectivity index (χ1n) is 11.2. The predicted molar refractivity (Wildman–Crippen MR) is 129 cm³/mol. The van der Waals surface area contributed by atoms with Crippen LogP contribution < -0.4 is 0 Å². The van der Waals surface area contributed by atoms with Gasteiger partial charge in [0.1, 0.15) is 5.67 Å². The Bertz CT molecular complexity index is 1260. The number of rotatable bonds is 7. The van der Waals surface area contributed by atoms with Gasteiger partial charge in [-0.2, -0.15) is 5.26 Å². The number of hydrogen-bond acceptors (Lipinski definition) is 2. The molecule has 0 saturated carbocycles. The highest BCUT2D eigenvalue weighted by Gasteiger charge is 2.27. The van der Waals surface area contributed by atoms with Crippen molar-refractivity contribution in [3.8, 4) is 28.5 Å². The van der Waals surface area contributed by atoms with Crippen LogP contribution in [0.1, 0.15) is 44.2 Å². The average molecular weight is 426 g/mol. The lowest BCUT2D eigenvalue weighted by atomic mass is 9.96. The highest BCUT2D eigenvalue weighted by molar-refractivity contribution is 5.90. The molecule has 0 aliphatic heterocycles. The summed E-state index contributed by atoms with van der Waals surface area (Å²) in [6.07, 6.45) is 3.78. The maximum absolute atomic E-state index is 15.4. The number of halogens is 1. The SMILES string of the molecule is CCCC(F)(CC)Cn1ccc2nc(-c3ccc(C)cc3)c(-c3ccc(C#N)cc3)cc21. The summed E-state index contributed by atoms with van der Waals surface area (Å²) in [6, 6.07) is 22.1. The van der Waals surface area contributed by atoms with E-state index in [9.17, 15) is 5.26 Å². The van der Waals surface area contributed by atoms with Gasteiger partial charge < -0.3 is 4.57 Å². The summed E-state index contributed by atoms with van der Waals surface area (Å²) in [6.45, 7) is 6.32. The summed E-state index contributed by atoms with van der Waals surface area (Å²) in [5.74, 6) is 0. The maximum Gasteiger partial charge on any atom is 0.128 e. The maximum atomic E-state index is 15.4. The monoisotopic (exact) mass is 425 g/mol. The molecule has 3 nitrogen and oxygen atoms in total. The number of nitriles is 1.